The van der Waals surface area contributed by atoms with E-state index in [1.807, 2.05) is 36.8 Å². The Kier molecular flexibility index (Phi) is 5.83. The zero-order valence-electron chi connectivity index (χ0n) is 19.2. The van der Waals surface area contributed by atoms with Crippen LogP contribution in [0.1, 0.15) is 56.2 Å². The molecule has 2 unspecified atom stereocenters. The van der Waals surface area contributed by atoms with Crippen LogP contribution in [-0.2, 0) is 9.53 Å². The van der Waals surface area contributed by atoms with Gasteiger partial charge < -0.3 is 20.3 Å². The smallest absolute Gasteiger partial charge is 0.410 e. The topological polar surface area (TPSA) is 106 Å². The van der Waals surface area contributed by atoms with Crippen molar-refractivity contribution in [1.82, 2.24) is 24.2 Å². The van der Waals surface area contributed by atoms with Gasteiger partial charge in [0.2, 0.25) is 5.91 Å². The van der Waals surface area contributed by atoms with Crippen LogP contribution in [-0.4, -0.2) is 69.0 Å². The molecule has 0 spiro atoms. The van der Waals surface area contributed by atoms with E-state index in [1.54, 1.807) is 41.9 Å². The molecule has 1 saturated heterocycles. The molecule has 2 aromatic rings. The molecular weight excluding hydrogens is 428 g/mol. The van der Waals surface area contributed by atoms with Crippen LogP contribution in [0.3, 0.4) is 0 Å². The van der Waals surface area contributed by atoms with Gasteiger partial charge in [-0.2, -0.15) is 0 Å². The van der Waals surface area contributed by atoms with Gasteiger partial charge in [0.1, 0.15) is 5.60 Å². The summed E-state index contributed by atoms with van der Waals surface area (Å²) in [7, 11) is 3.52. The Hall–Kier alpha value is -2.75. The number of likely N-dealkylation sites (tertiary alicyclic amines) is 1. The lowest BCUT2D eigenvalue weighted by atomic mass is 10.1. The number of ether oxygens (including phenoxy) is 1. The van der Waals surface area contributed by atoms with Gasteiger partial charge in [-0.05, 0) is 39.0 Å². The number of likely N-dealkylation sites (N-methyl/N-ethyl adjacent to an activating group) is 1. The highest BCUT2D eigenvalue weighted by molar-refractivity contribution is 8.02. The highest BCUT2D eigenvalue weighted by atomic mass is 32.2. The number of nitrogens with zero attached hydrogens (tertiary/aromatic N) is 5. The maximum Gasteiger partial charge on any atom is 0.410 e. The molecule has 1 fully saturated rings. The summed E-state index contributed by atoms with van der Waals surface area (Å²) in [5.74, 6) is 0.497. The van der Waals surface area contributed by atoms with Crippen LogP contribution in [0.25, 0.3) is 5.65 Å². The maximum atomic E-state index is 12.4. The molecule has 2 aliphatic rings. The summed E-state index contributed by atoms with van der Waals surface area (Å²) in [6.45, 7) is 6.79. The summed E-state index contributed by atoms with van der Waals surface area (Å²) in [5, 5.41) is 2.00. The molecule has 4 rings (SSSR count). The molecule has 0 aromatic carbocycles. The monoisotopic (exact) mass is 458 g/mol. The molecule has 2 N–H and O–H groups in total. The number of carbonyl (C=O) groups excluding carboxylic acids is 2. The van der Waals surface area contributed by atoms with Crippen molar-refractivity contribution < 1.29 is 14.3 Å². The Morgan fingerprint density at radius 2 is 2.06 bits per heavy atom. The van der Waals surface area contributed by atoms with Gasteiger partial charge in [0.25, 0.3) is 0 Å². The second kappa shape index (κ2) is 8.31. The number of thioether (sulfide) groups is 1. The SMILES string of the molecule is CN(C)C(=O)C1=CSC(c2cnc(N)c3nc(C4CCN(C(=O)OC(C)(C)C)C4)cn23)C1. The minimum absolute atomic E-state index is 0.0270. The second-order valence-corrected chi connectivity index (χ2v) is 10.6. The molecule has 2 amide bonds. The molecule has 0 aliphatic carbocycles. The summed E-state index contributed by atoms with van der Waals surface area (Å²) < 4.78 is 7.50. The van der Waals surface area contributed by atoms with Gasteiger partial charge in [-0.3, -0.25) is 9.20 Å². The molecule has 0 bridgehead atoms. The fraction of sp³-hybridized carbons (Fsp3) is 0.545. The van der Waals surface area contributed by atoms with E-state index in [4.69, 9.17) is 15.5 Å². The van der Waals surface area contributed by atoms with Gasteiger partial charge in [0, 0.05) is 44.9 Å². The first-order valence-electron chi connectivity index (χ1n) is 10.7. The molecule has 2 atom stereocenters. The van der Waals surface area contributed by atoms with E-state index >= 15 is 0 Å². The summed E-state index contributed by atoms with van der Waals surface area (Å²) in [5.41, 5.74) is 8.86. The van der Waals surface area contributed by atoms with E-state index in [0.29, 0.717) is 31.0 Å². The fourth-order valence-corrected chi connectivity index (χ4v) is 5.14. The number of nitrogens with two attached hydrogens (primary N) is 1. The van der Waals surface area contributed by atoms with Crippen molar-refractivity contribution in [2.24, 2.45) is 0 Å². The molecule has 4 heterocycles. The molecule has 32 heavy (non-hydrogen) atoms. The Bertz CT molecular complexity index is 1090. The lowest BCUT2D eigenvalue weighted by molar-refractivity contribution is -0.124. The lowest BCUT2D eigenvalue weighted by Crippen LogP contribution is -2.35. The van der Waals surface area contributed by atoms with E-state index in [1.165, 1.54) is 0 Å². The van der Waals surface area contributed by atoms with Crippen molar-refractivity contribution >= 4 is 35.2 Å². The van der Waals surface area contributed by atoms with Crippen molar-refractivity contribution in [3.05, 3.63) is 34.8 Å². The normalized spacial score (nSPS) is 21.2. The molecule has 2 aliphatic heterocycles. The molecule has 172 valence electrons. The Labute approximate surface area is 192 Å². The predicted octanol–water partition coefficient (Wildman–Crippen LogP) is 3.19. The number of carbonyl (C=O) groups is 2. The number of rotatable bonds is 3. The van der Waals surface area contributed by atoms with E-state index in [2.05, 4.69) is 4.98 Å². The first-order chi connectivity index (χ1) is 15.0. The van der Waals surface area contributed by atoms with Crippen LogP contribution in [0.4, 0.5) is 10.6 Å². The number of imidazole rings is 1. The van der Waals surface area contributed by atoms with E-state index in [-0.39, 0.29) is 23.2 Å². The van der Waals surface area contributed by atoms with Crippen molar-refractivity contribution in [2.75, 3.05) is 32.9 Å². The van der Waals surface area contributed by atoms with Crippen molar-refractivity contribution in [1.29, 1.82) is 0 Å². The Morgan fingerprint density at radius 1 is 1.31 bits per heavy atom. The largest absolute Gasteiger partial charge is 0.444 e. The third-order valence-corrected chi connectivity index (χ3v) is 6.77. The van der Waals surface area contributed by atoms with Crippen LogP contribution >= 0.6 is 11.8 Å². The fourth-order valence-electron chi connectivity index (χ4n) is 4.02. The average Bonchev–Trinajstić information content (AvgIpc) is 3.44. The van der Waals surface area contributed by atoms with Crippen LogP contribution in [0, 0.1) is 0 Å². The standard InChI is InChI=1S/C22H30N6O3S/c1-22(2,3)31-21(30)27-7-6-13(10-27)15-11-28-16(9-24-18(23)19(28)25-15)17-8-14(12-32-17)20(29)26(4)5/h9,11-13,17H,6-8,10H2,1-5H3,(H2,23,24). The number of amides is 2. The van der Waals surface area contributed by atoms with E-state index < -0.39 is 5.60 Å². The van der Waals surface area contributed by atoms with Gasteiger partial charge in [0.15, 0.2) is 11.5 Å². The lowest BCUT2D eigenvalue weighted by Gasteiger charge is -2.24. The van der Waals surface area contributed by atoms with E-state index in [0.717, 1.165) is 23.4 Å². The average molecular weight is 459 g/mol. The van der Waals surface area contributed by atoms with Crippen molar-refractivity contribution in [3.63, 3.8) is 0 Å². The second-order valence-electron chi connectivity index (χ2n) is 9.51. The Balaban J connectivity index is 1.55. The van der Waals surface area contributed by atoms with Crippen LogP contribution in [0.5, 0.6) is 0 Å². The first kappa shape index (κ1) is 22.4. The van der Waals surface area contributed by atoms with E-state index in [9.17, 15) is 9.59 Å². The predicted molar refractivity (Wildman–Crippen MR) is 124 cm³/mol. The zero-order chi connectivity index (χ0) is 23.2. The highest BCUT2D eigenvalue weighted by Gasteiger charge is 2.33. The van der Waals surface area contributed by atoms with Crippen molar-refractivity contribution in [3.8, 4) is 0 Å². The van der Waals surface area contributed by atoms with Gasteiger partial charge in [-0.1, -0.05) is 0 Å². The minimum Gasteiger partial charge on any atom is -0.444 e. The van der Waals surface area contributed by atoms with Crippen molar-refractivity contribution in [2.45, 2.75) is 50.4 Å². The zero-order valence-corrected chi connectivity index (χ0v) is 20.0. The quantitative estimate of drug-likeness (QED) is 0.753. The molecule has 0 saturated carbocycles. The van der Waals surface area contributed by atoms with Gasteiger partial charge >= 0.3 is 6.09 Å². The summed E-state index contributed by atoms with van der Waals surface area (Å²) in [6, 6.07) is 0. The number of hydrogen-bond acceptors (Lipinski definition) is 7. The summed E-state index contributed by atoms with van der Waals surface area (Å²) >= 11 is 1.61. The highest BCUT2D eigenvalue weighted by Crippen LogP contribution is 2.43. The Morgan fingerprint density at radius 3 is 2.75 bits per heavy atom. The van der Waals surface area contributed by atoms with Gasteiger partial charge in [-0.15, -0.1) is 11.8 Å². The molecule has 2 aromatic heterocycles. The molecular formula is C22H30N6O3S. The molecule has 0 radical (unpaired) electrons. The third kappa shape index (κ3) is 4.41. The number of fused-ring (bicyclic) bond motifs is 1. The number of nitrogen functional groups attached to an aromatic ring is 1. The van der Waals surface area contributed by atoms with Gasteiger partial charge in [0.05, 0.1) is 22.8 Å². The summed E-state index contributed by atoms with van der Waals surface area (Å²) in [4.78, 5) is 37.2. The van der Waals surface area contributed by atoms with Gasteiger partial charge in [-0.25, -0.2) is 14.8 Å². The number of aromatic nitrogens is 3. The maximum absolute atomic E-state index is 12.4. The van der Waals surface area contributed by atoms with Crippen LogP contribution in [0.15, 0.2) is 23.4 Å². The van der Waals surface area contributed by atoms with Crippen LogP contribution in [0.2, 0.25) is 0 Å². The summed E-state index contributed by atoms with van der Waals surface area (Å²) in [6.07, 6.45) is 4.92. The molecule has 9 nitrogen and oxygen atoms in total. The van der Waals surface area contributed by atoms with Crippen LogP contribution < -0.4 is 5.73 Å². The first-order valence-corrected chi connectivity index (χ1v) is 11.6. The molecule has 10 heteroatoms. The number of anilines is 1. The number of hydrogen-bond donors (Lipinski definition) is 1. The third-order valence-electron chi connectivity index (χ3n) is 5.62. The minimum atomic E-state index is -0.521.